The number of nitrogens with zero attached hydrogens (tertiary/aromatic N) is 1. The predicted molar refractivity (Wildman–Crippen MR) is 110 cm³/mol. The summed E-state index contributed by atoms with van der Waals surface area (Å²) in [7, 11) is 1.86. The summed E-state index contributed by atoms with van der Waals surface area (Å²) >= 11 is 0. The second-order valence-corrected chi connectivity index (χ2v) is 7.07. The average Bonchev–Trinajstić information content (AvgIpc) is 2.65. The summed E-state index contributed by atoms with van der Waals surface area (Å²) in [4.78, 5) is 26.5. The fraction of sp³-hybridized carbons (Fsp3) is 0.600. The van der Waals surface area contributed by atoms with Crippen LogP contribution in [0.1, 0.15) is 47.7 Å². The smallest absolute Gasteiger partial charge is 0.260 e. The van der Waals surface area contributed by atoms with Crippen LogP contribution in [0.5, 0.6) is 5.75 Å². The van der Waals surface area contributed by atoms with Crippen molar-refractivity contribution < 1.29 is 14.3 Å². The number of hydrogen-bond donors (Lipinski definition) is 2. The maximum absolute atomic E-state index is 12.3. The summed E-state index contributed by atoms with van der Waals surface area (Å²) in [6.07, 6.45) is 3.33. The number of hydrogen-bond acceptors (Lipinski definition) is 4. The van der Waals surface area contributed by atoms with Crippen molar-refractivity contribution in [1.82, 2.24) is 15.5 Å². The molecule has 7 heteroatoms. The minimum Gasteiger partial charge on any atom is -0.483 e. The third-order valence-electron chi connectivity index (χ3n) is 4.83. The minimum atomic E-state index is -0.103. The second kappa shape index (κ2) is 11.1. The van der Waals surface area contributed by atoms with Crippen molar-refractivity contribution in [1.29, 1.82) is 0 Å². The van der Waals surface area contributed by atoms with Gasteiger partial charge in [0.15, 0.2) is 6.61 Å². The highest BCUT2D eigenvalue weighted by atomic mass is 35.5. The lowest BCUT2D eigenvalue weighted by molar-refractivity contribution is -0.134. The van der Waals surface area contributed by atoms with E-state index in [9.17, 15) is 9.59 Å². The molecule has 0 saturated carbocycles. The highest BCUT2D eigenvalue weighted by molar-refractivity contribution is 5.95. The number of carbonyl (C=O) groups excluding carboxylic acids is 2. The normalized spacial score (nSPS) is 14.9. The Labute approximate surface area is 168 Å². The molecule has 152 valence electrons. The van der Waals surface area contributed by atoms with E-state index in [2.05, 4.69) is 10.6 Å². The topological polar surface area (TPSA) is 70.7 Å². The van der Waals surface area contributed by atoms with Crippen molar-refractivity contribution in [2.24, 2.45) is 0 Å². The molecule has 0 aliphatic carbocycles. The van der Waals surface area contributed by atoms with Gasteiger partial charge in [-0.3, -0.25) is 9.59 Å². The lowest BCUT2D eigenvalue weighted by Gasteiger charge is -2.26. The van der Waals surface area contributed by atoms with Gasteiger partial charge in [0.2, 0.25) is 0 Å². The number of likely N-dealkylation sites (tertiary alicyclic amines) is 1. The summed E-state index contributed by atoms with van der Waals surface area (Å²) in [6.45, 7) is 8.08. The zero-order valence-corrected chi connectivity index (χ0v) is 17.6. The summed E-state index contributed by atoms with van der Waals surface area (Å²) in [5.74, 6) is 0.621. The standard InChI is InChI=1S/C20H31N3O3.ClH/c1-14-10-17(20(25)22-12-16(3)21-4)11-15(2)19(14)26-13-18(24)23-8-6-5-7-9-23;/h10-11,16,21H,5-9,12-13H2,1-4H3,(H,22,25);1H. The number of likely N-dealkylation sites (N-methyl/N-ethyl adjacent to an activating group) is 1. The van der Waals surface area contributed by atoms with Crippen LogP contribution in [-0.2, 0) is 4.79 Å². The number of benzene rings is 1. The molecule has 0 spiro atoms. The Morgan fingerprint density at radius 1 is 1.15 bits per heavy atom. The molecule has 0 aromatic heterocycles. The highest BCUT2D eigenvalue weighted by Gasteiger charge is 2.18. The van der Waals surface area contributed by atoms with Crippen LogP contribution in [0.25, 0.3) is 0 Å². The Morgan fingerprint density at radius 2 is 1.74 bits per heavy atom. The molecule has 6 nitrogen and oxygen atoms in total. The van der Waals surface area contributed by atoms with Crippen LogP contribution in [-0.4, -0.2) is 56.0 Å². The number of amides is 2. The van der Waals surface area contributed by atoms with Gasteiger partial charge in [-0.2, -0.15) is 0 Å². The molecule has 1 saturated heterocycles. The van der Waals surface area contributed by atoms with Crippen LogP contribution < -0.4 is 15.4 Å². The first-order valence-corrected chi connectivity index (χ1v) is 9.39. The predicted octanol–water partition coefficient (Wildman–Crippen LogP) is 2.45. The maximum atomic E-state index is 12.3. The van der Waals surface area contributed by atoms with Crippen LogP contribution in [0.15, 0.2) is 12.1 Å². The lowest BCUT2D eigenvalue weighted by Crippen LogP contribution is -2.38. The van der Waals surface area contributed by atoms with E-state index in [1.54, 1.807) is 0 Å². The lowest BCUT2D eigenvalue weighted by atomic mass is 10.0. The monoisotopic (exact) mass is 397 g/mol. The third kappa shape index (κ3) is 6.70. The summed E-state index contributed by atoms with van der Waals surface area (Å²) in [5, 5.41) is 6.00. The van der Waals surface area contributed by atoms with Gasteiger partial charge in [-0.05, 0) is 70.3 Å². The van der Waals surface area contributed by atoms with Gasteiger partial charge in [0.05, 0.1) is 0 Å². The molecule has 0 radical (unpaired) electrons. The van der Waals surface area contributed by atoms with Crippen LogP contribution in [0, 0.1) is 13.8 Å². The van der Waals surface area contributed by atoms with E-state index in [0.717, 1.165) is 37.1 Å². The van der Waals surface area contributed by atoms with Gasteiger partial charge in [-0.1, -0.05) is 0 Å². The van der Waals surface area contributed by atoms with Crippen LogP contribution in [0.2, 0.25) is 0 Å². The molecule has 1 aromatic rings. The first-order chi connectivity index (χ1) is 12.4. The Morgan fingerprint density at radius 3 is 2.30 bits per heavy atom. The van der Waals surface area contributed by atoms with Gasteiger partial charge in [0, 0.05) is 31.2 Å². The van der Waals surface area contributed by atoms with Crippen LogP contribution in [0.3, 0.4) is 0 Å². The quantitative estimate of drug-likeness (QED) is 0.741. The highest BCUT2D eigenvalue weighted by Crippen LogP contribution is 2.25. The largest absolute Gasteiger partial charge is 0.483 e. The first-order valence-electron chi connectivity index (χ1n) is 9.39. The van der Waals surface area contributed by atoms with E-state index in [1.165, 1.54) is 6.42 Å². The van der Waals surface area contributed by atoms with Gasteiger partial charge in [-0.15, -0.1) is 12.4 Å². The zero-order chi connectivity index (χ0) is 19.1. The number of halogens is 1. The molecule has 1 atom stereocenters. The number of carbonyl (C=O) groups is 2. The molecule has 2 N–H and O–H groups in total. The molecule has 1 heterocycles. The molecular weight excluding hydrogens is 366 g/mol. The van der Waals surface area contributed by atoms with Gasteiger partial charge in [0.1, 0.15) is 5.75 Å². The number of rotatable bonds is 7. The fourth-order valence-corrected chi connectivity index (χ4v) is 3.13. The Hall–Kier alpha value is -1.79. The van der Waals surface area contributed by atoms with Crippen molar-refractivity contribution in [3.8, 4) is 5.75 Å². The fourth-order valence-electron chi connectivity index (χ4n) is 3.13. The van der Waals surface area contributed by atoms with Gasteiger partial charge < -0.3 is 20.3 Å². The molecule has 1 unspecified atom stereocenters. The number of ether oxygens (including phenoxy) is 1. The summed E-state index contributed by atoms with van der Waals surface area (Å²) in [6, 6.07) is 3.84. The van der Waals surface area contributed by atoms with E-state index in [4.69, 9.17) is 4.74 Å². The average molecular weight is 398 g/mol. The molecular formula is C20H32ClN3O3. The van der Waals surface area contributed by atoms with Crippen molar-refractivity contribution in [3.05, 3.63) is 28.8 Å². The SMILES string of the molecule is CNC(C)CNC(=O)c1cc(C)c(OCC(=O)N2CCCCC2)c(C)c1.Cl. The van der Waals surface area contributed by atoms with E-state index >= 15 is 0 Å². The molecule has 0 bridgehead atoms. The van der Waals surface area contributed by atoms with Crippen LogP contribution in [0.4, 0.5) is 0 Å². The van der Waals surface area contributed by atoms with Gasteiger partial charge in [0.25, 0.3) is 11.8 Å². The molecule has 1 aromatic carbocycles. The summed E-state index contributed by atoms with van der Waals surface area (Å²) < 4.78 is 5.80. The van der Waals surface area contributed by atoms with E-state index < -0.39 is 0 Å². The molecule has 2 rings (SSSR count). The number of piperidine rings is 1. The van der Waals surface area contributed by atoms with E-state index in [0.29, 0.717) is 17.9 Å². The van der Waals surface area contributed by atoms with Crippen molar-refractivity contribution in [2.75, 3.05) is 33.3 Å². The summed E-state index contributed by atoms with van der Waals surface area (Å²) in [5.41, 5.74) is 2.34. The Kier molecular flexibility index (Phi) is 9.60. The van der Waals surface area contributed by atoms with E-state index in [-0.39, 0.29) is 36.9 Å². The third-order valence-corrected chi connectivity index (χ3v) is 4.83. The molecule has 2 amide bonds. The minimum absolute atomic E-state index is 0. The first kappa shape index (κ1) is 23.2. The maximum Gasteiger partial charge on any atom is 0.260 e. The van der Waals surface area contributed by atoms with Crippen molar-refractivity contribution >= 4 is 24.2 Å². The van der Waals surface area contributed by atoms with Crippen molar-refractivity contribution in [3.63, 3.8) is 0 Å². The van der Waals surface area contributed by atoms with Gasteiger partial charge in [-0.25, -0.2) is 0 Å². The Balaban J connectivity index is 0.00000364. The second-order valence-electron chi connectivity index (χ2n) is 7.07. The zero-order valence-electron chi connectivity index (χ0n) is 16.8. The Bertz CT molecular complexity index is 622. The number of aryl methyl sites for hydroxylation is 2. The van der Waals surface area contributed by atoms with Crippen LogP contribution >= 0.6 is 12.4 Å². The number of nitrogens with one attached hydrogen (secondary N) is 2. The van der Waals surface area contributed by atoms with Gasteiger partial charge >= 0.3 is 0 Å². The molecule has 1 aliphatic rings. The van der Waals surface area contributed by atoms with E-state index in [1.807, 2.05) is 44.9 Å². The molecule has 1 aliphatic heterocycles. The van der Waals surface area contributed by atoms with Crippen molar-refractivity contribution in [2.45, 2.75) is 46.1 Å². The molecule has 27 heavy (non-hydrogen) atoms. The molecule has 1 fully saturated rings.